The van der Waals surface area contributed by atoms with Gasteiger partial charge >= 0.3 is 11.9 Å². The number of hydrogen-bond acceptors (Lipinski definition) is 11. The summed E-state index contributed by atoms with van der Waals surface area (Å²) in [6.45, 7) is 3.72. The van der Waals surface area contributed by atoms with Gasteiger partial charge in [-0.3, -0.25) is 14.1 Å². The van der Waals surface area contributed by atoms with Gasteiger partial charge in [-0.05, 0) is 32.1 Å². The van der Waals surface area contributed by atoms with Crippen LogP contribution in [-0.4, -0.2) is 96.0 Å². The Morgan fingerprint density at radius 3 is 1.54 bits per heavy atom. The molecule has 0 saturated carbocycles. The molecule has 1 fully saturated rings. The van der Waals surface area contributed by atoms with Gasteiger partial charge in [0.2, 0.25) is 0 Å². The summed E-state index contributed by atoms with van der Waals surface area (Å²) in [5, 5.41) is 30.8. The highest BCUT2D eigenvalue weighted by molar-refractivity contribution is 7.85. The lowest BCUT2D eigenvalue weighted by molar-refractivity contribution is -0.297. The summed E-state index contributed by atoms with van der Waals surface area (Å²) in [5.74, 6) is -1.98. The molecule has 1 rings (SSSR count). The van der Waals surface area contributed by atoms with E-state index in [9.17, 15) is 37.9 Å². The van der Waals surface area contributed by atoms with Crippen LogP contribution >= 0.6 is 0 Å². The zero-order valence-corrected chi connectivity index (χ0v) is 35.8. The van der Waals surface area contributed by atoms with Gasteiger partial charge in [0, 0.05) is 12.8 Å². The maximum Gasteiger partial charge on any atom is 0.306 e. The molecule has 56 heavy (non-hydrogen) atoms. The van der Waals surface area contributed by atoms with Crippen LogP contribution in [0, 0.1) is 0 Å². The second-order valence-electron chi connectivity index (χ2n) is 15.7. The fraction of sp³-hybridized carbons (Fsp3) is 0.907. The van der Waals surface area contributed by atoms with E-state index in [1.807, 2.05) is 0 Å². The van der Waals surface area contributed by atoms with Crippen molar-refractivity contribution >= 4 is 22.1 Å². The number of aliphatic hydroxyl groups excluding tert-OH is 3. The first-order chi connectivity index (χ1) is 27.0. The lowest BCUT2D eigenvalue weighted by atomic mass is 10.00. The predicted molar refractivity (Wildman–Crippen MR) is 220 cm³/mol. The highest BCUT2D eigenvalue weighted by Gasteiger charge is 2.46. The van der Waals surface area contributed by atoms with Crippen LogP contribution in [0.4, 0.5) is 0 Å². The molecular formula is C43H80O12S. The first kappa shape index (κ1) is 52.4. The van der Waals surface area contributed by atoms with Crippen LogP contribution in [0.5, 0.6) is 0 Å². The first-order valence-corrected chi connectivity index (χ1v) is 23.9. The fourth-order valence-electron chi connectivity index (χ4n) is 6.83. The molecule has 0 aromatic rings. The number of carbonyl (C=O) groups excluding carboxylic acids is 2. The van der Waals surface area contributed by atoms with Crippen molar-refractivity contribution in [1.82, 2.24) is 0 Å². The standard InChI is InChI=1S/C43H80O12S/c1-3-5-7-9-11-13-15-16-17-18-19-20-22-23-25-27-29-31-38(44)52-33-36(54-39(45)32-30-28-26-24-21-14-12-10-8-6-4-2)34-53-43-42(48)41(47)40(46)37(55-43)35-56(49,50)51/h10,12,36-37,40-43,46-48H,3-9,11,13-35H2,1-2H3,(H,49,50,51)/b12-10+/t36-,37-,40-,41?,42?,43+/m1/s1. The van der Waals surface area contributed by atoms with Gasteiger partial charge in [-0.2, -0.15) is 8.42 Å². The average Bonchev–Trinajstić information content (AvgIpc) is 3.16. The number of unbranched alkanes of at least 4 members (excludes halogenated alkanes) is 23. The zero-order chi connectivity index (χ0) is 41.3. The third kappa shape index (κ3) is 28.7. The van der Waals surface area contributed by atoms with E-state index in [0.29, 0.717) is 12.8 Å². The Morgan fingerprint density at radius 2 is 1.04 bits per heavy atom. The van der Waals surface area contributed by atoms with E-state index < -0.39 is 71.2 Å². The van der Waals surface area contributed by atoms with Crippen molar-refractivity contribution in [2.75, 3.05) is 19.0 Å². The van der Waals surface area contributed by atoms with Crippen molar-refractivity contribution in [3.8, 4) is 0 Å². The maximum atomic E-state index is 12.7. The molecule has 0 bridgehead atoms. The molecule has 0 aromatic heterocycles. The molecule has 0 aromatic carbocycles. The van der Waals surface area contributed by atoms with Gasteiger partial charge in [0.15, 0.2) is 12.4 Å². The van der Waals surface area contributed by atoms with Crippen LogP contribution in [0.15, 0.2) is 12.2 Å². The molecule has 1 heterocycles. The molecule has 2 unspecified atom stereocenters. The number of aliphatic hydroxyl groups is 3. The van der Waals surface area contributed by atoms with Crippen molar-refractivity contribution < 1.29 is 56.8 Å². The number of rotatable bonds is 37. The number of hydrogen-bond donors (Lipinski definition) is 4. The predicted octanol–water partition coefficient (Wildman–Crippen LogP) is 8.67. The Balaban J connectivity index is 2.42. The Morgan fingerprint density at radius 1 is 0.589 bits per heavy atom. The lowest BCUT2D eigenvalue weighted by Crippen LogP contribution is -2.60. The summed E-state index contributed by atoms with van der Waals surface area (Å²) < 4.78 is 54.0. The molecule has 13 heteroatoms. The van der Waals surface area contributed by atoms with E-state index in [-0.39, 0.29) is 19.4 Å². The summed E-state index contributed by atoms with van der Waals surface area (Å²) >= 11 is 0. The topological polar surface area (TPSA) is 186 Å². The number of allylic oxidation sites excluding steroid dienone is 2. The molecular weight excluding hydrogens is 741 g/mol. The molecule has 0 radical (unpaired) electrons. The van der Waals surface area contributed by atoms with Crippen molar-refractivity contribution in [3.05, 3.63) is 12.2 Å². The molecule has 4 N–H and O–H groups in total. The number of esters is 2. The van der Waals surface area contributed by atoms with E-state index in [4.69, 9.17) is 18.9 Å². The molecule has 0 spiro atoms. The van der Waals surface area contributed by atoms with Crippen molar-refractivity contribution in [3.63, 3.8) is 0 Å². The molecule has 1 aliphatic rings. The van der Waals surface area contributed by atoms with Crippen LogP contribution in [0.25, 0.3) is 0 Å². The fourth-order valence-corrected chi connectivity index (χ4v) is 7.53. The summed E-state index contributed by atoms with van der Waals surface area (Å²) in [6, 6.07) is 0. The maximum absolute atomic E-state index is 12.7. The third-order valence-corrected chi connectivity index (χ3v) is 11.1. The minimum absolute atomic E-state index is 0.157. The quantitative estimate of drug-likeness (QED) is 0.0203. The van der Waals surface area contributed by atoms with E-state index >= 15 is 0 Å². The average molecular weight is 821 g/mol. The van der Waals surface area contributed by atoms with Gasteiger partial charge in [0.05, 0.1) is 6.61 Å². The largest absolute Gasteiger partial charge is 0.462 e. The van der Waals surface area contributed by atoms with Gasteiger partial charge in [0.1, 0.15) is 36.8 Å². The van der Waals surface area contributed by atoms with Crippen LogP contribution in [0.3, 0.4) is 0 Å². The Labute approximate surface area is 339 Å². The van der Waals surface area contributed by atoms with Crippen LogP contribution in [0.2, 0.25) is 0 Å². The van der Waals surface area contributed by atoms with Crippen molar-refractivity contribution in [2.24, 2.45) is 0 Å². The van der Waals surface area contributed by atoms with Gasteiger partial charge in [-0.25, -0.2) is 0 Å². The van der Waals surface area contributed by atoms with Gasteiger partial charge in [-0.15, -0.1) is 0 Å². The normalized spacial score (nSPS) is 20.7. The van der Waals surface area contributed by atoms with Crippen molar-refractivity contribution in [1.29, 1.82) is 0 Å². The molecule has 1 aliphatic heterocycles. The number of carbonyl (C=O) groups is 2. The molecule has 0 aliphatic carbocycles. The summed E-state index contributed by atoms with van der Waals surface area (Å²) in [6.07, 6.45) is 25.5. The molecule has 1 saturated heterocycles. The summed E-state index contributed by atoms with van der Waals surface area (Å²) in [5.41, 5.74) is 0. The summed E-state index contributed by atoms with van der Waals surface area (Å²) in [7, 11) is -4.60. The van der Waals surface area contributed by atoms with Crippen LogP contribution < -0.4 is 0 Å². The SMILES string of the molecule is CCCC/C=C/CCCCCCCC(=O)O[C@H](COC(=O)CCCCCCCCCCCCCCCCCCC)CO[C@H]1O[C@H](CS(=O)(=O)O)[C@@H](O)C(O)C1O. The van der Waals surface area contributed by atoms with Gasteiger partial charge in [0.25, 0.3) is 10.1 Å². The smallest absolute Gasteiger partial charge is 0.306 e. The van der Waals surface area contributed by atoms with E-state index in [1.54, 1.807) is 0 Å². The number of ether oxygens (including phenoxy) is 4. The third-order valence-electron chi connectivity index (χ3n) is 10.3. The van der Waals surface area contributed by atoms with Crippen LogP contribution in [-0.2, 0) is 38.7 Å². The lowest BCUT2D eigenvalue weighted by Gasteiger charge is -2.40. The Kier molecular flexibility index (Phi) is 32.1. The van der Waals surface area contributed by atoms with E-state index in [1.165, 1.54) is 96.3 Å². The first-order valence-electron chi connectivity index (χ1n) is 22.2. The summed E-state index contributed by atoms with van der Waals surface area (Å²) in [4.78, 5) is 25.3. The van der Waals surface area contributed by atoms with Gasteiger partial charge < -0.3 is 34.3 Å². The molecule has 12 nitrogen and oxygen atoms in total. The van der Waals surface area contributed by atoms with E-state index in [2.05, 4.69) is 26.0 Å². The molecule has 6 atom stereocenters. The van der Waals surface area contributed by atoms with Crippen molar-refractivity contribution in [2.45, 2.75) is 230 Å². The highest BCUT2D eigenvalue weighted by atomic mass is 32.2. The molecule has 330 valence electrons. The van der Waals surface area contributed by atoms with E-state index in [0.717, 1.165) is 57.8 Å². The van der Waals surface area contributed by atoms with Crippen LogP contribution in [0.1, 0.15) is 194 Å². The Bertz CT molecular complexity index is 1100. The second-order valence-corrected chi connectivity index (χ2v) is 17.2. The second kappa shape index (κ2) is 34.3. The zero-order valence-electron chi connectivity index (χ0n) is 35.0. The highest BCUT2D eigenvalue weighted by Crippen LogP contribution is 2.24. The molecule has 0 amide bonds. The Hall–Kier alpha value is -1.61. The minimum Gasteiger partial charge on any atom is -0.462 e. The van der Waals surface area contributed by atoms with Gasteiger partial charge in [-0.1, -0.05) is 161 Å². The monoisotopic (exact) mass is 821 g/mol. The minimum atomic E-state index is -4.60.